The Morgan fingerprint density at radius 1 is 1.43 bits per heavy atom. The van der Waals surface area contributed by atoms with E-state index in [9.17, 15) is 4.79 Å². The van der Waals surface area contributed by atoms with Crippen molar-refractivity contribution >= 4 is 18.3 Å². The van der Waals surface area contributed by atoms with Crippen molar-refractivity contribution in [2.75, 3.05) is 19.7 Å². The van der Waals surface area contributed by atoms with Crippen molar-refractivity contribution in [2.24, 2.45) is 11.8 Å². The minimum absolute atomic E-state index is 0. The van der Waals surface area contributed by atoms with Crippen LogP contribution in [0.4, 0.5) is 0 Å². The van der Waals surface area contributed by atoms with Crippen molar-refractivity contribution in [3.8, 4) is 5.75 Å². The van der Waals surface area contributed by atoms with E-state index in [0.717, 1.165) is 24.4 Å². The van der Waals surface area contributed by atoms with Gasteiger partial charge in [0, 0.05) is 18.5 Å². The van der Waals surface area contributed by atoms with Gasteiger partial charge >= 0.3 is 0 Å². The second kappa shape index (κ2) is 10.5. The summed E-state index contributed by atoms with van der Waals surface area (Å²) in [5.74, 6) is 2.03. The van der Waals surface area contributed by atoms with Gasteiger partial charge in [-0.25, -0.2) is 0 Å². The Hall–Kier alpha value is -1.26. The molecule has 0 saturated carbocycles. The third kappa shape index (κ3) is 6.40. The summed E-state index contributed by atoms with van der Waals surface area (Å²) in [6.45, 7) is 7.48. The molecule has 1 saturated heterocycles. The molecule has 2 unspecified atom stereocenters. The molecule has 1 aromatic carbocycles. The van der Waals surface area contributed by atoms with Crippen LogP contribution in [0.2, 0.25) is 0 Å². The number of rotatable bonds is 7. The second-order valence-corrected chi connectivity index (χ2v) is 6.11. The number of piperidine rings is 1. The summed E-state index contributed by atoms with van der Waals surface area (Å²) in [4.78, 5) is 12.2. The number of amides is 1. The highest BCUT2D eigenvalue weighted by Crippen LogP contribution is 2.22. The molecule has 0 spiro atoms. The molecule has 5 heteroatoms. The summed E-state index contributed by atoms with van der Waals surface area (Å²) in [5.41, 5.74) is 1.03. The molecule has 0 aliphatic carbocycles. The Balaban J connectivity index is 0.00000264. The number of benzene rings is 1. The topological polar surface area (TPSA) is 50.4 Å². The van der Waals surface area contributed by atoms with Crippen LogP contribution in [0.25, 0.3) is 0 Å². The van der Waals surface area contributed by atoms with Crippen LogP contribution in [-0.2, 0) is 11.3 Å². The number of carbonyl (C=O) groups is 1. The van der Waals surface area contributed by atoms with Gasteiger partial charge in [-0.1, -0.05) is 25.1 Å². The summed E-state index contributed by atoms with van der Waals surface area (Å²) >= 11 is 0. The Kier molecular flexibility index (Phi) is 9.03. The molecule has 23 heavy (non-hydrogen) atoms. The molecule has 0 bridgehead atoms. The van der Waals surface area contributed by atoms with E-state index in [0.29, 0.717) is 31.4 Å². The lowest BCUT2D eigenvalue weighted by molar-refractivity contribution is -0.122. The number of ether oxygens (including phenoxy) is 1. The Labute approximate surface area is 145 Å². The average molecular weight is 341 g/mol. The van der Waals surface area contributed by atoms with Crippen molar-refractivity contribution in [2.45, 2.75) is 39.7 Å². The molecule has 1 heterocycles. The third-order valence-electron chi connectivity index (χ3n) is 4.40. The van der Waals surface area contributed by atoms with Gasteiger partial charge in [-0.3, -0.25) is 4.79 Å². The fourth-order valence-corrected chi connectivity index (χ4v) is 3.04. The number of halogens is 1. The van der Waals surface area contributed by atoms with E-state index in [1.165, 1.54) is 12.8 Å². The highest BCUT2D eigenvalue weighted by Gasteiger charge is 2.21. The molecule has 4 nitrogen and oxygen atoms in total. The van der Waals surface area contributed by atoms with E-state index in [2.05, 4.69) is 17.6 Å². The normalized spacial score (nSPS) is 18.6. The van der Waals surface area contributed by atoms with E-state index >= 15 is 0 Å². The monoisotopic (exact) mass is 340 g/mol. The first-order chi connectivity index (χ1) is 10.7. The van der Waals surface area contributed by atoms with Gasteiger partial charge < -0.3 is 15.4 Å². The fraction of sp³-hybridized carbons (Fsp3) is 0.611. The molecular weight excluding hydrogens is 312 g/mol. The van der Waals surface area contributed by atoms with Crippen LogP contribution in [0.1, 0.15) is 38.7 Å². The molecule has 1 aliphatic heterocycles. The van der Waals surface area contributed by atoms with Gasteiger partial charge in [0.1, 0.15) is 5.75 Å². The molecule has 2 N–H and O–H groups in total. The van der Waals surface area contributed by atoms with Crippen LogP contribution in [-0.4, -0.2) is 25.6 Å². The van der Waals surface area contributed by atoms with Gasteiger partial charge in [-0.05, 0) is 50.8 Å². The van der Waals surface area contributed by atoms with Gasteiger partial charge in [-0.15, -0.1) is 12.4 Å². The van der Waals surface area contributed by atoms with E-state index in [4.69, 9.17) is 4.74 Å². The number of hydrogen-bond donors (Lipinski definition) is 2. The standard InChI is InChI=1S/C18H28N2O2.ClH/c1-3-22-17-9-5-4-7-16(17)13-20-18(21)11-14(2)15-8-6-10-19-12-15;/h4-5,7,9,14-15,19H,3,6,8,10-13H2,1-2H3,(H,20,21);1H. The molecule has 2 atom stereocenters. The predicted molar refractivity (Wildman–Crippen MR) is 96.1 cm³/mol. The number of nitrogens with one attached hydrogen (secondary N) is 2. The van der Waals surface area contributed by atoms with Crippen LogP contribution in [0.5, 0.6) is 5.75 Å². The summed E-state index contributed by atoms with van der Waals surface area (Å²) in [5, 5.41) is 6.45. The van der Waals surface area contributed by atoms with Crippen LogP contribution in [0.3, 0.4) is 0 Å². The number of hydrogen-bond acceptors (Lipinski definition) is 3. The van der Waals surface area contributed by atoms with E-state index in [1.807, 2.05) is 31.2 Å². The van der Waals surface area contributed by atoms with Crippen molar-refractivity contribution in [1.82, 2.24) is 10.6 Å². The lowest BCUT2D eigenvalue weighted by Gasteiger charge is -2.28. The second-order valence-electron chi connectivity index (χ2n) is 6.11. The zero-order valence-electron chi connectivity index (χ0n) is 14.1. The maximum Gasteiger partial charge on any atom is 0.220 e. The Morgan fingerprint density at radius 2 is 2.22 bits per heavy atom. The molecule has 0 radical (unpaired) electrons. The van der Waals surface area contributed by atoms with E-state index < -0.39 is 0 Å². The molecule has 130 valence electrons. The minimum atomic E-state index is 0. The number of para-hydroxylation sites is 1. The summed E-state index contributed by atoms with van der Waals surface area (Å²) in [6, 6.07) is 7.87. The quantitative estimate of drug-likeness (QED) is 0.801. The zero-order chi connectivity index (χ0) is 15.8. The van der Waals surface area contributed by atoms with E-state index in [-0.39, 0.29) is 18.3 Å². The van der Waals surface area contributed by atoms with Crippen LogP contribution < -0.4 is 15.4 Å². The minimum Gasteiger partial charge on any atom is -0.494 e. The van der Waals surface area contributed by atoms with E-state index in [1.54, 1.807) is 0 Å². The molecule has 1 fully saturated rings. The van der Waals surface area contributed by atoms with Crippen LogP contribution in [0, 0.1) is 11.8 Å². The highest BCUT2D eigenvalue weighted by atomic mass is 35.5. The lowest BCUT2D eigenvalue weighted by atomic mass is 9.85. The van der Waals surface area contributed by atoms with Crippen molar-refractivity contribution < 1.29 is 9.53 Å². The van der Waals surface area contributed by atoms with Crippen LogP contribution >= 0.6 is 12.4 Å². The van der Waals surface area contributed by atoms with Crippen LogP contribution in [0.15, 0.2) is 24.3 Å². The summed E-state index contributed by atoms with van der Waals surface area (Å²) < 4.78 is 5.59. The van der Waals surface area contributed by atoms with Crippen molar-refractivity contribution in [3.05, 3.63) is 29.8 Å². The molecule has 1 aromatic rings. The third-order valence-corrected chi connectivity index (χ3v) is 4.40. The summed E-state index contributed by atoms with van der Waals surface area (Å²) in [7, 11) is 0. The van der Waals surface area contributed by atoms with Gasteiger partial charge in [0.2, 0.25) is 5.91 Å². The molecule has 1 amide bonds. The van der Waals surface area contributed by atoms with Gasteiger partial charge in [0.05, 0.1) is 6.61 Å². The first-order valence-electron chi connectivity index (χ1n) is 8.38. The number of carbonyl (C=O) groups excluding carboxylic acids is 1. The van der Waals surface area contributed by atoms with Crippen molar-refractivity contribution in [1.29, 1.82) is 0 Å². The fourth-order valence-electron chi connectivity index (χ4n) is 3.04. The maximum absolute atomic E-state index is 12.2. The average Bonchev–Trinajstić information content (AvgIpc) is 2.55. The highest BCUT2D eigenvalue weighted by molar-refractivity contribution is 5.85. The lowest BCUT2D eigenvalue weighted by Crippen LogP contribution is -2.35. The predicted octanol–water partition coefficient (Wildman–Crippen LogP) is 3.15. The maximum atomic E-state index is 12.2. The molecular formula is C18H29ClN2O2. The SMILES string of the molecule is CCOc1ccccc1CNC(=O)CC(C)C1CCCNC1.Cl. The first kappa shape index (κ1) is 19.8. The molecule has 0 aromatic heterocycles. The zero-order valence-corrected chi connectivity index (χ0v) is 15.0. The van der Waals surface area contributed by atoms with Gasteiger partial charge in [-0.2, -0.15) is 0 Å². The Morgan fingerprint density at radius 3 is 2.91 bits per heavy atom. The molecule has 2 rings (SSSR count). The van der Waals surface area contributed by atoms with Gasteiger partial charge in [0.25, 0.3) is 0 Å². The summed E-state index contributed by atoms with van der Waals surface area (Å²) in [6.07, 6.45) is 3.05. The molecule has 1 aliphatic rings. The van der Waals surface area contributed by atoms with Gasteiger partial charge in [0.15, 0.2) is 0 Å². The van der Waals surface area contributed by atoms with Crippen molar-refractivity contribution in [3.63, 3.8) is 0 Å². The smallest absolute Gasteiger partial charge is 0.220 e. The first-order valence-corrected chi connectivity index (χ1v) is 8.38. The largest absolute Gasteiger partial charge is 0.494 e. The Bertz CT molecular complexity index is 476.